The lowest BCUT2D eigenvalue weighted by Crippen LogP contribution is -2.36. The lowest BCUT2D eigenvalue weighted by molar-refractivity contribution is 0.341. The van der Waals surface area contributed by atoms with E-state index in [0.29, 0.717) is 17.1 Å². The van der Waals surface area contributed by atoms with Gasteiger partial charge in [0.2, 0.25) is 5.95 Å². The van der Waals surface area contributed by atoms with Crippen LogP contribution in [0.1, 0.15) is 32.1 Å². The zero-order valence-corrected chi connectivity index (χ0v) is 12.0. The standard InChI is InChI=1S/C16H20N4O/c17-11-5-6-13-12(9-11)15(21)19-16(18-13)20-8-7-10-3-1-2-4-14(10)20/h5-6,9-10,14H,1-4,7-8,17H2,(H,18,19,21). The van der Waals surface area contributed by atoms with Crippen LogP contribution in [0.3, 0.4) is 0 Å². The Kier molecular flexibility index (Phi) is 2.87. The molecule has 5 heteroatoms. The van der Waals surface area contributed by atoms with Gasteiger partial charge in [0.1, 0.15) is 0 Å². The van der Waals surface area contributed by atoms with Crippen LogP contribution < -0.4 is 16.2 Å². The Morgan fingerprint density at radius 2 is 2.10 bits per heavy atom. The Hall–Kier alpha value is -2.04. The second-order valence-electron chi connectivity index (χ2n) is 6.26. The van der Waals surface area contributed by atoms with Gasteiger partial charge in [0.15, 0.2) is 0 Å². The molecule has 3 N–H and O–H groups in total. The molecule has 2 aromatic rings. The Labute approximate surface area is 123 Å². The smallest absolute Gasteiger partial charge is 0.260 e. The molecule has 0 bridgehead atoms. The molecule has 110 valence electrons. The zero-order valence-electron chi connectivity index (χ0n) is 12.0. The second-order valence-corrected chi connectivity index (χ2v) is 6.26. The van der Waals surface area contributed by atoms with Gasteiger partial charge in [0, 0.05) is 18.3 Å². The molecule has 2 atom stereocenters. The number of nitrogens with zero attached hydrogens (tertiary/aromatic N) is 2. The maximum Gasteiger partial charge on any atom is 0.260 e. The average molecular weight is 284 g/mol. The molecule has 1 aromatic carbocycles. The molecule has 21 heavy (non-hydrogen) atoms. The summed E-state index contributed by atoms with van der Waals surface area (Å²) in [5, 5.41) is 0.568. The van der Waals surface area contributed by atoms with Crippen molar-refractivity contribution in [2.45, 2.75) is 38.1 Å². The van der Waals surface area contributed by atoms with Crippen LogP contribution >= 0.6 is 0 Å². The highest BCUT2D eigenvalue weighted by Crippen LogP contribution is 2.37. The first-order valence-corrected chi connectivity index (χ1v) is 7.78. The summed E-state index contributed by atoms with van der Waals surface area (Å²) in [7, 11) is 0. The number of nitrogen functional groups attached to an aromatic ring is 1. The van der Waals surface area contributed by atoms with Crippen molar-refractivity contribution in [3.8, 4) is 0 Å². The first-order valence-electron chi connectivity index (χ1n) is 7.78. The molecule has 0 spiro atoms. The van der Waals surface area contributed by atoms with Crippen molar-refractivity contribution in [3.05, 3.63) is 28.6 Å². The monoisotopic (exact) mass is 284 g/mol. The minimum atomic E-state index is -0.0958. The fourth-order valence-corrected chi connectivity index (χ4v) is 3.95. The highest BCUT2D eigenvalue weighted by Gasteiger charge is 2.36. The van der Waals surface area contributed by atoms with Gasteiger partial charge in [0.05, 0.1) is 10.9 Å². The third-order valence-corrected chi connectivity index (χ3v) is 5.00. The molecular formula is C16H20N4O. The van der Waals surface area contributed by atoms with Crippen LogP contribution in [-0.4, -0.2) is 22.6 Å². The van der Waals surface area contributed by atoms with Crippen molar-refractivity contribution in [1.82, 2.24) is 9.97 Å². The van der Waals surface area contributed by atoms with Crippen LogP contribution in [-0.2, 0) is 0 Å². The molecule has 1 saturated carbocycles. The van der Waals surface area contributed by atoms with E-state index in [0.717, 1.165) is 23.9 Å². The predicted molar refractivity (Wildman–Crippen MR) is 84.5 cm³/mol. The normalized spacial score (nSPS) is 25.2. The van der Waals surface area contributed by atoms with Crippen LogP contribution in [0.4, 0.5) is 11.6 Å². The lowest BCUT2D eigenvalue weighted by Gasteiger charge is -2.31. The summed E-state index contributed by atoms with van der Waals surface area (Å²) in [5.74, 6) is 1.50. The summed E-state index contributed by atoms with van der Waals surface area (Å²) in [6.07, 6.45) is 6.37. The van der Waals surface area contributed by atoms with Gasteiger partial charge in [-0.2, -0.15) is 0 Å². The fraction of sp³-hybridized carbons (Fsp3) is 0.500. The maximum atomic E-state index is 12.3. The summed E-state index contributed by atoms with van der Waals surface area (Å²) in [6, 6.07) is 5.87. The number of nitrogens with one attached hydrogen (secondary N) is 1. The minimum Gasteiger partial charge on any atom is -0.399 e. The van der Waals surface area contributed by atoms with E-state index in [1.165, 1.54) is 32.1 Å². The molecule has 1 saturated heterocycles. The molecule has 5 nitrogen and oxygen atoms in total. The van der Waals surface area contributed by atoms with Crippen molar-refractivity contribution >= 4 is 22.5 Å². The van der Waals surface area contributed by atoms with Gasteiger partial charge >= 0.3 is 0 Å². The number of hydrogen-bond acceptors (Lipinski definition) is 4. The highest BCUT2D eigenvalue weighted by atomic mass is 16.1. The molecule has 2 heterocycles. The molecule has 0 amide bonds. The third-order valence-electron chi connectivity index (χ3n) is 5.00. The average Bonchev–Trinajstić information content (AvgIpc) is 2.92. The van der Waals surface area contributed by atoms with Gasteiger partial charge in [-0.05, 0) is 43.4 Å². The number of nitrogens with two attached hydrogens (primary N) is 1. The van der Waals surface area contributed by atoms with Gasteiger partial charge in [-0.3, -0.25) is 9.78 Å². The summed E-state index contributed by atoms with van der Waals surface area (Å²) in [4.78, 5) is 22.2. The molecular weight excluding hydrogens is 264 g/mol. The fourth-order valence-electron chi connectivity index (χ4n) is 3.95. The summed E-state index contributed by atoms with van der Waals surface area (Å²) in [5.41, 5.74) is 6.97. The van der Waals surface area contributed by atoms with Crippen molar-refractivity contribution in [2.24, 2.45) is 5.92 Å². The Morgan fingerprint density at radius 1 is 1.24 bits per heavy atom. The Balaban J connectivity index is 1.77. The lowest BCUT2D eigenvalue weighted by atomic mass is 9.85. The minimum absolute atomic E-state index is 0.0958. The molecule has 2 fully saturated rings. The Bertz CT molecular complexity index is 739. The topological polar surface area (TPSA) is 75.0 Å². The zero-order chi connectivity index (χ0) is 14.4. The van der Waals surface area contributed by atoms with E-state index in [9.17, 15) is 4.79 Å². The van der Waals surface area contributed by atoms with E-state index in [1.54, 1.807) is 12.1 Å². The number of fused-ring (bicyclic) bond motifs is 2. The molecule has 1 aliphatic heterocycles. The number of hydrogen-bond donors (Lipinski definition) is 2. The second kappa shape index (κ2) is 4.76. The van der Waals surface area contributed by atoms with E-state index >= 15 is 0 Å². The van der Waals surface area contributed by atoms with Gasteiger partial charge < -0.3 is 10.6 Å². The van der Waals surface area contributed by atoms with Crippen molar-refractivity contribution < 1.29 is 0 Å². The van der Waals surface area contributed by atoms with Gasteiger partial charge in [-0.25, -0.2) is 4.98 Å². The first kappa shape index (κ1) is 12.7. The number of benzene rings is 1. The Morgan fingerprint density at radius 3 is 3.00 bits per heavy atom. The number of rotatable bonds is 1. The maximum absolute atomic E-state index is 12.3. The van der Waals surface area contributed by atoms with E-state index in [-0.39, 0.29) is 5.56 Å². The number of aromatic amines is 1. The van der Waals surface area contributed by atoms with Crippen LogP contribution in [0, 0.1) is 5.92 Å². The molecule has 2 unspecified atom stereocenters. The summed E-state index contributed by atoms with van der Waals surface area (Å²) in [6.45, 7) is 0.999. The van der Waals surface area contributed by atoms with Gasteiger partial charge in [-0.15, -0.1) is 0 Å². The summed E-state index contributed by atoms with van der Waals surface area (Å²) >= 11 is 0. The van der Waals surface area contributed by atoms with Gasteiger partial charge in [-0.1, -0.05) is 12.8 Å². The highest BCUT2D eigenvalue weighted by molar-refractivity contribution is 5.81. The van der Waals surface area contributed by atoms with Crippen LogP contribution in [0.2, 0.25) is 0 Å². The van der Waals surface area contributed by atoms with E-state index in [1.807, 2.05) is 6.07 Å². The third kappa shape index (κ3) is 2.07. The van der Waals surface area contributed by atoms with E-state index in [2.05, 4.69) is 14.9 Å². The van der Waals surface area contributed by atoms with Gasteiger partial charge in [0.25, 0.3) is 5.56 Å². The predicted octanol–water partition coefficient (Wildman–Crippen LogP) is 2.27. The molecule has 1 aromatic heterocycles. The van der Waals surface area contributed by atoms with Crippen molar-refractivity contribution in [3.63, 3.8) is 0 Å². The van der Waals surface area contributed by atoms with E-state index < -0.39 is 0 Å². The largest absolute Gasteiger partial charge is 0.399 e. The molecule has 2 aliphatic rings. The molecule has 1 aliphatic carbocycles. The van der Waals surface area contributed by atoms with Crippen molar-refractivity contribution in [1.29, 1.82) is 0 Å². The van der Waals surface area contributed by atoms with Crippen LogP contribution in [0.5, 0.6) is 0 Å². The van der Waals surface area contributed by atoms with E-state index in [4.69, 9.17) is 5.73 Å². The van der Waals surface area contributed by atoms with Crippen LogP contribution in [0.15, 0.2) is 23.0 Å². The summed E-state index contributed by atoms with van der Waals surface area (Å²) < 4.78 is 0. The van der Waals surface area contributed by atoms with Crippen molar-refractivity contribution in [2.75, 3.05) is 17.2 Å². The molecule has 0 radical (unpaired) electrons. The number of H-pyrrole nitrogens is 1. The quantitative estimate of drug-likeness (QED) is 0.788. The number of anilines is 2. The SMILES string of the molecule is Nc1ccc2nc(N3CCC4CCCCC43)[nH]c(=O)c2c1. The first-order chi connectivity index (χ1) is 10.2. The van der Waals surface area contributed by atoms with Crippen LogP contribution in [0.25, 0.3) is 10.9 Å². The molecule has 4 rings (SSSR count). The number of aromatic nitrogens is 2.